The second kappa shape index (κ2) is 6.37. The summed E-state index contributed by atoms with van der Waals surface area (Å²) in [6, 6.07) is 7.63. The average molecular weight is 249 g/mol. The van der Waals surface area contributed by atoms with Crippen molar-refractivity contribution in [3.63, 3.8) is 0 Å². The Labute approximate surface area is 107 Å². The largest absolute Gasteiger partial charge is 0.409 e. The molecule has 0 aliphatic carbocycles. The molecule has 1 fully saturated rings. The molecule has 5 nitrogen and oxygen atoms in total. The van der Waals surface area contributed by atoms with Gasteiger partial charge in [0, 0.05) is 25.3 Å². The van der Waals surface area contributed by atoms with E-state index >= 15 is 0 Å². The molecule has 0 saturated carbocycles. The molecule has 1 saturated heterocycles. The number of nitrogens with two attached hydrogens (primary N) is 1. The van der Waals surface area contributed by atoms with Crippen molar-refractivity contribution in [1.82, 2.24) is 5.32 Å². The fraction of sp³-hybridized carbons (Fsp3) is 0.462. The van der Waals surface area contributed by atoms with E-state index in [4.69, 9.17) is 15.7 Å². The molecule has 1 aliphatic heterocycles. The van der Waals surface area contributed by atoms with Crippen LogP contribution in [0.25, 0.3) is 0 Å². The summed E-state index contributed by atoms with van der Waals surface area (Å²) < 4.78 is 5.53. The number of benzene rings is 1. The quantitative estimate of drug-likeness (QED) is 0.315. The molecule has 0 aromatic heterocycles. The lowest BCUT2D eigenvalue weighted by Gasteiger charge is -2.10. The molecule has 1 unspecified atom stereocenters. The molecule has 1 atom stereocenters. The highest BCUT2D eigenvalue weighted by Gasteiger charge is 2.14. The van der Waals surface area contributed by atoms with Crippen LogP contribution >= 0.6 is 0 Å². The van der Waals surface area contributed by atoms with Crippen LogP contribution in [0.3, 0.4) is 0 Å². The van der Waals surface area contributed by atoms with Gasteiger partial charge in [0.25, 0.3) is 0 Å². The minimum absolute atomic E-state index is 0.133. The molecule has 1 heterocycles. The molecule has 1 aromatic rings. The minimum Gasteiger partial charge on any atom is -0.409 e. The van der Waals surface area contributed by atoms with E-state index in [2.05, 4.69) is 10.5 Å². The van der Waals surface area contributed by atoms with Gasteiger partial charge >= 0.3 is 0 Å². The van der Waals surface area contributed by atoms with Crippen molar-refractivity contribution in [3.8, 4) is 0 Å². The highest BCUT2D eigenvalue weighted by molar-refractivity contribution is 5.96. The zero-order valence-electron chi connectivity index (χ0n) is 10.3. The third-order valence-corrected chi connectivity index (χ3v) is 3.08. The van der Waals surface area contributed by atoms with Crippen molar-refractivity contribution in [2.75, 3.05) is 13.2 Å². The fourth-order valence-corrected chi connectivity index (χ4v) is 2.03. The van der Waals surface area contributed by atoms with E-state index < -0.39 is 0 Å². The summed E-state index contributed by atoms with van der Waals surface area (Å²) in [6.07, 6.45) is 2.68. The molecule has 2 rings (SSSR count). The Balaban J connectivity index is 1.79. The fourth-order valence-electron chi connectivity index (χ4n) is 2.03. The first-order chi connectivity index (χ1) is 8.79. The highest BCUT2D eigenvalue weighted by Crippen LogP contribution is 2.11. The number of hydrogen-bond donors (Lipinski definition) is 3. The zero-order valence-corrected chi connectivity index (χ0v) is 10.3. The summed E-state index contributed by atoms with van der Waals surface area (Å²) in [7, 11) is 0. The summed E-state index contributed by atoms with van der Waals surface area (Å²) in [6.45, 7) is 2.58. The predicted molar refractivity (Wildman–Crippen MR) is 69.6 cm³/mol. The lowest BCUT2D eigenvalue weighted by molar-refractivity contribution is 0.110. The van der Waals surface area contributed by atoms with E-state index in [0.717, 1.165) is 31.7 Å². The van der Waals surface area contributed by atoms with Crippen LogP contribution in [0.5, 0.6) is 0 Å². The van der Waals surface area contributed by atoms with Gasteiger partial charge in [0.15, 0.2) is 5.84 Å². The van der Waals surface area contributed by atoms with Gasteiger partial charge in [-0.05, 0) is 18.4 Å². The number of hydrogen-bond acceptors (Lipinski definition) is 4. The SMILES string of the molecule is NC(=NO)c1ccc(CNCC2CCCO2)cc1. The lowest BCUT2D eigenvalue weighted by atomic mass is 10.1. The lowest BCUT2D eigenvalue weighted by Crippen LogP contribution is -2.25. The standard InChI is InChI=1S/C13H19N3O2/c14-13(16-17)11-5-3-10(4-6-11)8-15-9-12-2-1-7-18-12/h3-6,12,15,17H,1-2,7-9H2,(H2,14,16). The van der Waals surface area contributed by atoms with Gasteiger partial charge in [0.2, 0.25) is 0 Å². The first kappa shape index (κ1) is 12.9. The van der Waals surface area contributed by atoms with E-state index in [-0.39, 0.29) is 5.84 Å². The molecule has 0 bridgehead atoms. The van der Waals surface area contributed by atoms with Crippen LogP contribution in [0.1, 0.15) is 24.0 Å². The van der Waals surface area contributed by atoms with Crippen LogP contribution in [0.2, 0.25) is 0 Å². The predicted octanol–water partition coefficient (Wildman–Crippen LogP) is 1.05. The van der Waals surface area contributed by atoms with Crippen molar-refractivity contribution in [2.24, 2.45) is 10.9 Å². The number of rotatable bonds is 5. The molecule has 18 heavy (non-hydrogen) atoms. The molecule has 0 amide bonds. The van der Waals surface area contributed by atoms with Crippen LogP contribution < -0.4 is 11.1 Å². The maximum absolute atomic E-state index is 8.56. The Morgan fingerprint density at radius 3 is 2.83 bits per heavy atom. The van der Waals surface area contributed by atoms with E-state index in [0.29, 0.717) is 6.10 Å². The van der Waals surface area contributed by atoms with Crippen molar-refractivity contribution >= 4 is 5.84 Å². The minimum atomic E-state index is 0.133. The van der Waals surface area contributed by atoms with Crippen LogP contribution in [-0.4, -0.2) is 30.3 Å². The Morgan fingerprint density at radius 2 is 2.22 bits per heavy atom. The first-order valence-corrected chi connectivity index (χ1v) is 6.19. The molecule has 4 N–H and O–H groups in total. The monoisotopic (exact) mass is 249 g/mol. The van der Waals surface area contributed by atoms with Gasteiger partial charge in [-0.3, -0.25) is 0 Å². The molecule has 0 radical (unpaired) electrons. The number of nitrogens with zero attached hydrogens (tertiary/aromatic N) is 1. The number of ether oxygens (including phenoxy) is 1. The van der Waals surface area contributed by atoms with E-state index in [1.807, 2.05) is 24.3 Å². The van der Waals surface area contributed by atoms with Crippen molar-refractivity contribution in [1.29, 1.82) is 0 Å². The van der Waals surface area contributed by atoms with Gasteiger partial charge in [-0.15, -0.1) is 0 Å². The molecule has 5 heteroatoms. The maximum atomic E-state index is 8.56. The van der Waals surface area contributed by atoms with Gasteiger partial charge in [-0.2, -0.15) is 0 Å². The smallest absolute Gasteiger partial charge is 0.170 e. The van der Waals surface area contributed by atoms with Gasteiger partial charge in [0.1, 0.15) is 0 Å². The highest BCUT2D eigenvalue weighted by atomic mass is 16.5. The molecule has 98 valence electrons. The topological polar surface area (TPSA) is 79.9 Å². The third kappa shape index (κ3) is 3.45. The molecular formula is C13H19N3O2. The van der Waals surface area contributed by atoms with Crippen LogP contribution in [0, 0.1) is 0 Å². The third-order valence-electron chi connectivity index (χ3n) is 3.08. The Kier molecular flexibility index (Phi) is 4.55. The van der Waals surface area contributed by atoms with Gasteiger partial charge in [-0.25, -0.2) is 0 Å². The maximum Gasteiger partial charge on any atom is 0.170 e. The summed E-state index contributed by atoms with van der Waals surface area (Å²) in [5, 5.41) is 14.9. The van der Waals surface area contributed by atoms with E-state index in [9.17, 15) is 0 Å². The van der Waals surface area contributed by atoms with E-state index in [1.165, 1.54) is 12.0 Å². The Bertz CT molecular complexity index is 397. The van der Waals surface area contributed by atoms with Crippen LogP contribution in [-0.2, 0) is 11.3 Å². The normalized spacial score (nSPS) is 20.2. The van der Waals surface area contributed by atoms with Crippen molar-refractivity contribution < 1.29 is 9.94 Å². The van der Waals surface area contributed by atoms with Crippen molar-refractivity contribution in [3.05, 3.63) is 35.4 Å². The van der Waals surface area contributed by atoms with Gasteiger partial charge < -0.3 is 21.0 Å². The van der Waals surface area contributed by atoms with Gasteiger partial charge in [0.05, 0.1) is 6.10 Å². The molecular weight excluding hydrogens is 230 g/mol. The Hall–Kier alpha value is -1.59. The molecule has 1 aromatic carbocycles. The molecule has 0 spiro atoms. The second-order valence-corrected chi connectivity index (χ2v) is 4.45. The second-order valence-electron chi connectivity index (χ2n) is 4.45. The number of oxime groups is 1. The van der Waals surface area contributed by atoms with Crippen LogP contribution in [0.4, 0.5) is 0 Å². The van der Waals surface area contributed by atoms with Crippen LogP contribution in [0.15, 0.2) is 29.4 Å². The van der Waals surface area contributed by atoms with Gasteiger partial charge in [-0.1, -0.05) is 29.4 Å². The Morgan fingerprint density at radius 1 is 1.44 bits per heavy atom. The zero-order chi connectivity index (χ0) is 12.8. The summed E-state index contributed by atoms with van der Waals surface area (Å²) in [5.74, 6) is 0.133. The summed E-state index contributed by atoms with van der Waals surface area (Å²) >= 11 is 0. The van der Waals surface area contributed by atoms with E-state index in [1.54, 1.807) is 0 Å². The number of amidine groups is 1. The van der Waals surface area contributed by atoms with Crippen molar-refractivity contribution in [2.45, 2.75) is 25.5 Å². The first-order valence-electron chi connectivity index (χ1n) is 6.19. The molecule has 1 aliphatic rings. The summed E-state index contributed by atoms with van der Waals surface area (Å²) in [4.78, 5) is 0. The number of nitrogens with one attached hydrogen (secondary N) is 1. The average Bonchev–Trinajstić information content (AvgIpc) is 2.92. The summed E-state index contributed by atoms with van der Waals surface area (Å²) in [5.41, 5.74) is 7.39.